The summed E-state index contributed by atoms with van der Waals surface area (Å²) in [4.78, 5) is 41.1. The van der Waals surface area contributed by atoms with Gasteiger partial charge in [0.2, 0.25) is 5.91 Å². The minimum absolute atomic E-state index is 0.0510. The number of anilines is 1. The van der Waals surface area contributed by atoms with Gasteiger partial charge in [-0.1, -0.05) is 12.6 Å². The van der Waals surface area contributed by atoms with Gasteiger partial charge >= 0.3 is 6.01 Å². The molecule has 1 unspecified atom stereocenters. The van der Waals surface area contributed by atoms with E-state index < -0.39 is 17.4 Å². The van der Waals surface area contributed by atoms with Crippen molar-refractivity contribution in [2.75, 3.05) is 44.7 Å². The average molecular weight is 547 g/mol. The van der Waals surface area contributed by atoms with Crippen molar-refractivity contribution in [3.8, 4) is 17.8 Å². The zero-order chi connectivity index (χ0) is 28.4. The normalized spacial score (nSPS) is 19.6. The summed E-state index contributed by atoms with van der Waals surface area (Å²) in [5.74, 6) is -0.261. The van der Waals surface area contributed by atoms with Crippen molar-refractivity contribution in [3.05, 3.63) is 58.8 Å². The van der Waals surface area contributed by atoms with Crippen molar-refractivity contribution >= 4 is 22.6 Å². The van der Waals surface area contributed by atoms with Crippen LogP contribution < -0.4 is 15.2 Å². The number of nitriles is 1. The number of amides is 1. The number of nitrogens with zero attached hydrogens (tertiary/aromatic N) is 8. The lowest BCUT2D eigenvalue weighted by atomic mass is 10.1. The quantitative estimate of drug-likeness (QED) is 0.411. The molecule has 2 aliphatic heterocycles. The summed E-state index contributed by atoms with van der Waals surface area (Å²) in [5, 5.41) is 14.2. The number of carbonyl (C=O) groups is 1. The molecule has 0 N–H and O–H groups in total. The zero-order valence-corrected chi connectivity index (χ0v) is 22.6. The predicted molar refractivity (Wildman–Crippen MR) is 147 cm³/mol. The Labute approximate surface area is 231 Å². The Kier molecular flexibility index (Phi) is 7.75. The average Bonchev–Trinajstić information content (AvgIpc) is 3.38. The molecule has 1 aromatic carbocycles. The van der Waals surface area contributed by atoms with E-state index >= 15 is 0 Å². The Balaban J connectivity index is 1.59. The van der Waals surface area contributed by atoms with Gasteiger partial charge in [-0.25, -0.2) is 4.39 Å². The van der Waals surface area contributed by atoms with E-state index in [1.807, 2.05) is 11.9 Å². The van der Waals surface area contributed by atoms with Gasteiger partial charge in [0.25, 0.3) is 5.56 Å². The van der Waals surface area contributed by atoms with Crippen molar-refractivity contribution < 1.29 is 13.9 Å². The van der Waals surface area contributed by atoms with Crippen molar-refractivity contribution in [2.24, 2.45) is 0 Å². The maximum Gasteiger partial charge on any atom is 0.319 e. The van der Waals surface area contributed by atoms with E-state index in [2.05, 4.69) is 32.6 Å². The Morgan fingerprint density at radius 1 is 1.27 bits per heavy atom. The number of rotatable bonds is 7. The summed E-state index contributed by atoms with van der Waals surface area (Å²) in [6.45, 7) is 7.57. The predicted octanol–water partition coefficient (Wildman–Crippen LogP) is 2.21. The van der Waals surface area contributed by atoms with Crippen LogP contribution >= 0.6 is 0 Å². The molecule has 2 fully saturated rings. The molecular weight excluding hydrogens is 515 g/mol. The lowest BCUT2D eigenvalue weighted by molar-refractivity contribution is -0.128. The molecule has 0 bridgehead atoms. The first-order chi connectivity index (χ1) is 19.3. The molecule has 2 atom stereocenters. The van der Waals surface area contributed by atoms with Crippen LogP contribution in [-0.4, -0.2) is 87.4 Å². The number of likely N-dealkylation sites (tertiary alicyclic amines) is 1. The summed E-state index contributed by atoms with van der Waals surface area (Å²) in [5.41, 5.74) is 0.146. The summed E-state index contributed by atoms with van der Waals surface area (Å²) in [7, 11) is 2.04. The molecule has 40 heavy (non-hydrogen) atoms. The van der Waals surface area contributed by atoms with Crippen LogP contribution in [0.25, 0.3) is 16.6 Å². The summed E-state index contributed by atoms with van der Waals surface area (Å²) in [6.07, 6.45) is 4.92. The summed E-state index contributed by atoms with van der Waals surface area (Å²) in [6, 6.07) is 6.49. The van der Waals surface area contributed by atoms with Gasteiger partial charge in [-0.2, -0.15) is 25.0 Å². The molecule has 1 amide bonds. The highest BCUT2D eigenvalue weighted by molar-refractivity contribution is 5.90. The number of aromatic nitrogens is 4. The Hall–Kier alpha value is -4.37. The summed E-state index contributed by atoms with van der Waals surface area (Å²) >= 11 is 0. The van der Waals surface area contributed by atoms with E-state index in [1.54, 1.807) is 17.9 Å². The van der Waals surface area contributed by atoms with Gasteiger partial charge in [-0.15, -0.1) is 0 Å². The highest BCUT2D eigenvalue weighted by atomic mass is 19.1. The number of fused-ring (bicyclic) bond motifs is 1. The van der Waals surface area contributed by atoms with E-state index in [4.69, 9.17) is 4.74 Å². The van der Waals surface area contributed by atoms with Gasteiger partial charge in [0.05, 0.1) is 35.8 Å². The first-order valence-corrected chi connectivity index (χ1v) is 13.3. The SMILES string of the molecule is C=CC(=O)N1CCN(c2nc(OC[C@@H]3CCCN3C)nc3c(=O)n(-c4cccc(F)c4C)ncc23)CC1CC#N. The first-order valence-electron chi connectivity index (χ1n) is 13.3. The second-order valence-electron chi connectivity index (χ2n) is 10.1. The van der Waals surface area contributed by atoms with Gasteiger partial charge in [0.1, 0.15) is 23.8 Å². The molecule has 2 saturated heterocycles. The molecular formula is C28H31FN8O3. The number of hydrogen-bond donors (Lipinski definition) is 0. The fraction of sp³-hybridized carbons (Fsp3) is 0.429. The zero-order valence-electron chi connectivity index (χ0n) is 22.6. The fourth-order valence-electron chi connectivity index (χ4n) is 5.39. The largest absolute Gasteiger partial charge is 0.462 e. The topological polar surface area (TPSA) is 120 Å². The van der Waals surface area contributed by atoms with E-state index in [0.717, 1.165) is 24.1 Å². The number of carbonyl (C=O) groups excluding carboxylic acids is 1. The van der Waals surface area contributed by atoms with Crippen molar-refractivity contribution in [3.63, 3.8) is 0 Å². The highest BCUT2D eigenvalue weighted by Crippen LogP contribution is 2.28. The molecule has 0 aliphatic carbocycles. The highest BCUT2D eigenvalue weighted by Gasteiger charge is 2.32. The molecule has 0 radical (unpaired) electrons. The van der Waals surface area contributed by atoms with Crippen LogP contribution in [-0.2, 0) is 4.79 Å². The van der Waals surface area contributed by atoms with E-state index in [-0.39, 0.29) is 35.5 Å². The van der Waals surface area contributed by atoms with E-state index in [9.17, 15) is 19.2 Å². The standard InChI is InChI=1S/C28H31FN8O3/c1-4-24(38)36-14-13-35(16-19(36)10-11-30)26-21-15-31-37(23-9-5-8-22(29)18(23)2)27(39)25(21)32-28(33-26)40-17-20-7-6-12-34(20)3/h4-5,8-9,15,19-20H,1,6-7,10,12-14,16-17H2,2-3H3/t19?,20-/m0/s1. The molecule has 11 nitrogen and oxygen atoms in total. The molecule has 2 aromatic heterocycles. The Bertz CT molecular complexity index is 1550. The molecule has 5 rings (SSSR count). The van der Waals surface area contributed by atoms with Gasteiger partial charge < -0.3 is 19.4 Å². The third kappa shape index (κ3) is 5.12. The molecule has 2 aliphatic rings. The second-order valence-corrected chi connectivity index (χ2v) is 10.1. The molecule has 3 aromatic rings. The maximum atomic E-state index is 14.3. The number of likely N-dealkylation sites (N-methyl/N-ethyl adjacent to an activating group) is 1. The fourth-order valence-corrected chi connectivity index (χ4v) is 5.39. The van der Waals surface area contributed by atoms with Crippen LogP contribution in [0, 0.1) is 24.1 Å². The second kappa shape index (κ2) is 11.4. The number of ether oxygens (including phenoxy) is 1. The lowest BCUT2D eigenvalue weighted by Gasteiger charge is -2.41. The smallest absolute Gasteiger partial charge is 0.319 e. The van der Waals surface area contributed by atoms with Gasteiger partial charge in [-0.3, -0.25) is 9.59 Å². The maximum absolute atomic E-state index is 14.3. The van der Waals surface area contributed by atoms with Crippen molar-refractivity contribution in [1.82, 2.24) is 29.5 Å². The third-order valence-corrected chi connectivity index (χ3v) is 7.71. The van der Waals surface area contributed by atoms with E-state index in [0.29, 0.717) is 43.1 Å². The Morgan fingerprint density at radius 3 is 2.83 bits per heavy atom. The Morgan fingerprint density at radius 2 is 2.10 bits per heavy atom. The number of benzene rings is 1. The number of halogens is 1. The van der Waals surface area contributed by atoms with Crippen LogP contribution in [0.4, 0.5) is 10.2 Å². The number of piperazine rings is 1. The summed E-state index contributed by atoms with van der Waals surface area (Å²) < 4.78 is 21.5. The van der Waals surface area contributed by atoms with Gasteiger partial charge in [0, 0.05) is 31.2 Å². The van der Waals surface area contributed by atoms with Gasteiger partial charge in [0.15, 0.2) is 0 Å². The van der Waals surface area contributed by atoms with E-state index in [1.165, 1.54) is 24.4 Å². The van der Waals surface area contributed by atoms with Crippen molar-refractivity contribution in [1.29, 1.82) is 5.26 Å². The minimum Gasteiger partial charge on any atom is -0.462 e. The van der Waals surface area contributed by atoms with Crippen LogP contribution in [0.3, 0.4) is 0 Å². The third-order valence-electron chi connectivity index (χ3n) is 7.71. The van der Waals surface area contributed by atoms with Crippen LogP contribution in [0.15, 0.2) is 41.8 Å². The van der Waals surface area contributed by atoms with Crippen LogP contribution in [0.5, 0.6) is 6.01 Å². The van der Waals surface area contributed by atoms with Crippen LogP contribution in [0.2, 0.25) is 0 Å². The minimum atomic E-state index is -0.535. The first kappa shape index (κ1) is 27.2. The number of hydrogen-bond acceptors (Lipinski definition) is 9. The molecule has 0 saturated carbocycles. The van der Waals surface area contributed by atoms with Gasteiger partial charge in [-0.05, 0) is 51.6 Å². The molecule has 12 heteroatoms. The molecule has 4 heterocycles. The lowest BCUT2D eigenvalue weighted by Crippen LogP contribution is -2.55. The monoisotopic (exact) mass is 546 g/mol. The van der Waals surface area contributed by atoms with Crippen molar-refractivity contribution in [2.45, 2.75) is 38.3 Å². The molecule has 208 valence electrons. The molecule has 0 spiro atoms. The van der Waals surface area contributed by atoms with Crippen LogP contribution in [0.1, 0.15) is 24.8 Å².